The number of rotatable bonds is 2. The standard InChI is InChI=1S/C10H16N6O/c1-10(2,3)16-6-11-7(13-16)8-12-9(14-17-8)15(4)5/h6H,1-5H3. The van der Waals surface area contributed by atoms with Crippen LogP contribution in [0.25, 0.3) is 11.7 Å². The SMILES string of the molecule is CN(C)c1noc(-c2ncn(C(C)(C)C)n2)n1. The third kappa shape index (κ3) is 2.27. The Kier molecular flexibility index (Phi) is 2.60. The van der Waals surface area contributed by atoms with Crippen LogP contribution in [0, 0.1) is 0 Å². The Hall–Kier alpha value is -1.92. The minimum atomic E-state index is -0.115. The second-order valence-electron chi connectivity index (χ2n) is 4.98. The summed E-state index contributed by atoms with van der Waals surface area (Å²) in [5.74, 6) is 1.28. The molecule has 2 rings (SSSR count). The monoisotopic (exact) mass is 236 g/mol. The molecule has 0 radical (unpaired) electrons. The second kappa shape index (κ2) is 3.83. The number of hydrogen-bond acceptors (Lipinski definition) is 6. The van der Waals surface area contributed by atoms with Crippen molar-refractivity contribution in [2.45, 2.75) is 26.3 Å². The molecule has 2 heterocycles. The van der Waals surface area contributed by atoms with E-state index < -0.39 is 0 Å². The van der Waals surface area contributed by atoms with Gasteiger partial charge in [0.15, 0.2) is 0 Å². The van der Waals surface area contributed by atoms with E-state index in [1.165, 1.54) is 0 Å². The normalized spacial score (nSPS) is 11.8. The van der Waals surface area contributed by atoms with E-state index in [1.807, 2.05) is 34.9 Å². The summed E-state index contributed by atoms with van der Waals surface area (Å²) in [5, 5.41) is 8.13. The molecular weight excluding hydrogens is 220 g/mol. The quantitative estimate of drug-likeness (QED) is 0.778. The number of nitrogens with zero attached hydrogens (tertiary/aromatic N) is 6. The highest BCUT2D eigenvalue weighted by Crippen LogP contribution is 2.18. The van der Waals surface area contributed by atoms with Crippen molar-refractivity contribution >= 4 is 5.95 Å². The Morgan fingerprint density at radius 2 is 2.00 bits per heavy atom. The van der Waals surface area contributed by atoms with Crippen molar-refractivity contribution in [3.8, 4) is 11.7 Å². The third-order valence-corrected chi connectivity index (χ3v) is 2.19. The molecule has 0 N–H and O–H groups in total. The van der Waals surface area contributed by atoms with Crippen LogP contribution in [0.4, 0.5) is 5.95 Å². The van der Waals surface area contributed by atoms with Gasteiger partial charge in [0, 0.05) is 14.1 Å². The first-order valence-electron chi connectivity index (χ1n) is 5.31. The first kappa shape index (κ1) is 11.6. The van der Waals surface area contributed by atoms with Crippen molar-refractivity contribution in [3.05, 3.63) is 6.33 Å². The Morgan fingerprint density at radius 1 is 1.29 bits per heavy atom. The maximum Gasteiger partial charge on any atom is 0.299 e. The molecule has 17 heavy (non-hydrogen) atoms. The van der Waals surface area contributed by atoms with Crippen LogP contribution in [0.3, 0.4) is 0 Å². The second-order valence-corrected chi connectivity index (χ2v) is 4.98. The molecule has 0 saturated heterocycles. The Labute approximate surface area is 99.4 Å². The molecule has 0 aliphatic carbocycles. The van der Waals surface area contributed by atoms with Crippen molar-refractivity contribution in [1.82, 2.24) is 24.9 Å². The fraction of sp³-hybridized carbons (Fsp3) is 0.600. The first-order valence-corrected chi connectivity index (χ1v) is 5.31. The fourth-order valence-corrected chi connectivity index (χ4v) is 1.17. The molecule has 0 aliphatic rings. The van der Waals surface area contributed by atoms with Crippen LogP contribution < -0.4 is 4.90 Å². The molecule has 7 heteroatoms. The van der Waals surface area contributed by atoms with E-state index in [0.717, 1.165) is 0 Å². The molecule has 0 spiro atoms. The topological polar surface area (TPSA) is 72.9 Å². The van der Waals surface area contributed by atoms with Gasteiger partial charge < -0.3 is 9.42 Å². The van der Waals surface area contributed by atoms with Crippen LogP contribution in [0.1, 0.15) is 20.8 Å². The maximum atomic E-state index is 5.10. The molecule has 0 atom stereocenters. The molecule has 0 aliphatic heterocycles. The van der Waals surface area contributed by atoms with E-state index in [2.05, 4.69) is 20.2 Å². The van der Waals surface area contributed by atoms with Crippen molar-refractivity contribution in [3.63, 3.8) is 0 Å². The fourth-order valence-electron chi connectivity index (χ4n) is 1.17. The summed E-state index contributed by atoms with van der Waals surface area (Å²) >= 11 is 0. The number of anilines is 1. The zero-order valence-corrected chi connectivity index (χ0v) is 10.7. The lowest BCUT2D eigenvalue weighted by molar-refractivity contribution is 0.353. The summed E-state index contributed by atoms with van der Waals surface area (Å²) in [6.45, 7) is 6.14. The number of aromatic nitrogens is 5. The van der Waals surface area contributed by atoms with E-state index >= 15 is 0 Å². The van der Waals surface area contributed by atoms with Crippen molar-refractivity contribution in [2.24, 2.45) is 0 Å². The lowest BCUT2D eigenvalue weighted by atomic mass is 10.1. The summed E-state index contributed by atoms with van der Waals surface area (Å²) in [5.41, 5.74) is -0.115. The van der Waals surface area contributed by atoms with Crippen LogP contribution in [0.15, 0.2) is 10.9 Å². The van der Waals surface area contributed by atoms with Crippen LogP contribution in [0.2, 0.25) is 0 Å². The number of hydrogen-bond donors (Lipinski definition) is 0. The van der Waals surface area contributed by atoms with Crippen molar-refractivity contribution in [2.75, 3.05) is 19.0 Å². The highest BCUT2D eigenvalue weighted by molar-refractivity contribution is 5.42. The van der Waals surface area contributed by atoms with Crippen molar-refractivity contribution in [1.29, 1.82) is 0 Å². The van der Waals surface area contributed by atoms with E-state index in [9.17, 15) is 0 Å². The molecule has 2 aromatic rings. The highest BCUT2D eigenvalue weighted by atomic mass is 16.5. The minimum Gasteiger partial charge on any atom is -0.344 e. The van der Waals surface area contributed by atoms with Crippen molar-refractivity contribution < 1.29 is 4.52 Å². The van der Waals surface area contributed by atoms with Gasteiger partial charge >= 0.3 is 0 Å². The average molecular weight is 236 g/mol. The lowest BCUT2D eigenvalue weighted by Crippen LogP contribution is -2.22. The van der Waals surface area contributed by atoms with Gasteiger partial charge in [-0.1, -0.05) is 0 Å². The Morgan fingerprint density at radius 3 is 2.47 bits per heavy atom. The van der Waals surface area contributed by atoms with E-state index in [0.29, 0.717) is 17.7 Å². The van der Waals surface area contributed by atoms with Gasteiger partial charge in [0.1, 0.15) is 6.33 Å². The molecule has 0 unspecified atom stereocenters. The molecule has 0 bridgehead atoms. The summed E-state index contributed by atoms with van der Waals surface area (Å²) in [4.78, 5) is 10.1. The molecule has 0 fully saturated rings. The average Bonchev–Trinajstić information content (AvgIpc) is 2.85. The summed E-state index contributed by atoms with van der Waals surface area (Å²) in [6, 6.07) is 0. The molecule has 0 saturated carbocycles. The van der Waals surface area contributed by atoms with Gasteiger partial charge in [-0.2, -0.15) is 4.98 Å². The van der Waals surface area contributed by atoms with Gasteiger partial charge in [0.05, 0.1) is 5.54 Å². The summed E-state index contributed by atoms with van der Waals surface area (Å²) in [7, 11) is 3.69. The van der Waals surface area contributed by atoms with E-state index in [4.69, 9.17) is 4.52 Å². The predicted molar refractivity (Wildman–Crippen MR) is 62.6 cm³/mol. The molecule has 7 nitrogen and oxygen atoms in total. The van der Waals surface area contributed by atoms with Crippen LogP contribution in [0.5, 0.6) is 0 Å². The van der Waals surface area contributed by atoms with Crippen LogP contribution in [-0.2, 0) is 5.54 Å². The largest absolute Gasteiger partial charge is 0.344 e. The summed E-state index contributed by atoms with van der Waals surface area (Å²) < 4.78 is 6.86. The van der Waals surface area contributed by atoms with Gasteiger partial charge in [-0.05, 0) is 25.9 Å². The third-order valence-electron chi connectivity index (χ3n) is 2.19. The first-order chi connectivity index (χ1) is 7.88. The molecule has 0 aromatic carbocycles. The van der Waals surface area contributed by atoms with Gasteiger partial charge in [0.2, 0.25) is 5.82 Å². The summed E-state index contributed by atoms with van der Waals surface area (Å²) in [6.07, 6.45) is 1.66. The smallest absolute Gasteiger partial charge is 0.299 e. The molecular formula is C10H16N6O. The van der Waals surface area contributed by atoms with E-state index in [1.54, 1.807) is 15.9 Å². The Balaban J connectivity index is 2.31. The van der Waals surface area contributed by atoms with Gasteiger partial charge in [-0.15, -0.1) is 5.10 Å². The zero-order chi connectivity index (χ0) is 12.6. The van der Waals surface area contributed by atoms with Crippen LogP contribution in [-0.4, -0.2) is 39.0 Å². The zero-order valence-electron chi connectivity index (χ0n) is 10.7. The lowest BCUT2D eigenvalue weighted by Gasteiger charge is -2.17. The van der Waals surface area contributed by atoms with E-state index in [-0.39, 0.29) is 5.54 Å². The molecule has 0 amide bonds. The van der Waals surface area contributed by atoms with Gasteiger partial charge in [-0.25, -0.2) is 9.67 Å². The predicted octanol–water partition coefficient (Wildman–Crippen LogP) is 1.15. The molecule has 92 valence electrons. The van der Waals surface area contributed by atoms with Crippen LogP contribution >= 0.6 is 0 Å². The highest BCUT2D eigenvalue weighted by Gasteiger charge is 2.19. The maximum absolute atomic E-state index is 5.10. The minimum absolute atomic E-state index is 0.115. The molecule has 2 aromatic heterocycles. The van der Waals surface area contributed by atoms with Gasteiger partial charge in [0.25, 0.3) is 11.8 Å². The Bertz CT molecular complexity index is 507. The van der Waals surface area contributed by atoms with Gasteiger partial charge in [-0.3, -0.25) is 0 Å².